The van der Waals surface area contributed by atoms with E-state index in [1.54, 1.807) is 23.9 Å². The Hall–Kier alpha value is 0.240. The Morgan fingerprint density at radius 2 is 1.79 bits per heavy atom. The fraction of sp³-hybridized carbons (Fsp3) is 0.333. The van der Waals surface area contributed by atoms with E-state index in [4.69, 9.17) is 34.8 Å². The van der Waals surface area contributed by atoms with Gasteiger partial charge < -0.3 is 5.32 Å². The van der Waals surface area contributed by atoms with Crippen molar-refractivity contribution in [2.75, 3.05) is 23.9 Å². The number of halogens is 3. The lowest BCUT2D eigenvalue weighted by molar-refractivity contribution is 1.23. The number of anilines is 1. The average Bonchev–Trinajstić information content (AvgIpc) is 2.09. The van der Waals surface area contributed by atoms with Crippen molar-refractivity contribution >= 4 is 52.3 Å². The maximum atomic E-state index is 5.98. The van der Waals surface area contributed by atoms with E-state index in [0.717, 1.165) is 18.0 Å². The summed E-state index contributed by atoms with van der Waals surface area (Å²) in [6.07, 6.45) is 2.05. The third kappa shape index (κ3) is 3.43. The summed E-state index contributed by atoms with van der Waals surface area (Å²) in [6, 6.07) is 3.35. The van der Waals surface area contributed by atoms with E-state index in [9.17, 15) is 0 Å². The van der Waals surface area contributed by atoms with Gasteiger partial charge in [-0.05, 0) is 18.4 Å². The highest BCUT2D eigenvalue weighted by molar-refractivity contribution is 7.98. The molecule has 0 aliphatic rings. The van der Waals surface area contributed by atoms with Crippen LogP contribution in [-0.2, 0) is 0 Å². The Labute approximate surface area is 103 Å². The summed E-state index contributed by atoms with van der Waals surface area (Å²) in [5, 5.41) is 4.84. The largest absolute Gasteiger partial charge is 0.382 e. The summed E-state index contributed by atoms with van der Waals surface area (Å²) in [5.74, 6) is 1.01. The van der Waals surface area contributed by atoms with Gasteiger partial charge in [-0.3, -0.25) is 0 Å². The fourth-order valence-corrected chi connectivity index (χ4v) is 2.25. The molecule has 14 heavy (non-hydrogen) atoms. The monoisotopic (exact) mass is 269 g/mol. The zero-order valence-corrected chi connectivity index (χ0v) is 10.7. The zero-order chi connectivity index (χ0) is 10.6. The first-order valence-electron chi connectivity index (χ1n) is 4.02. The van der Waals surface area contributed by atoms with E-state index in [-0.39, 0.29) is 0 Å². The minimum atomic E-state index is 0.551. The summed E-state index contributed by atoms with van der Waals surface area (Å²) in [6.45, 7) is 0.836. The first-order valence-corrected chi connectivity index (χ1v) is 6.55. The minimum Gasteiger partial charge on any atom is -0.382 e. The molecule has 0 unspecified atom stereocenters. The van der Waals surface area contributed by atoms with Crippen LogP contribution in [0.5, 0.6) is 0 Å². The van der Waals surface area contributed by atoms with Gasteiger partial charge in [-0.2, -0.15) is 11.8 Å². The standard InChI is InChI=1S/C9H10Cl3NS/c1-14-3-2-13-9-7(11)4-6(10)5-8(9)12/h4-5,13H,2-3H2,1H3. The van der Waals surface area contributed by atoms with Gasteiger partial charge in [0.25, 0.3) is 0 Å². The topological polar surface area (TPSA) is 12.0 Å². The maximum absolute atomic E-state index is 5.98. The fourth-order valence-electron chi connectivity index (χ4n) is 0.989. The maximum Gasteiger partial charge on any atom is 0.0720 e. The molecule has 0 bridgehead atoms. The van der Waals surface area contributed by atoms with Crippen molar-refractivity contribution in [3.63, 3.8) is 0 Å². The molecule has 1 aromatic rings. The SMILES string of the molecule is CSCCNc1c(Cl)cc(Cl)cc1Cl. The Balaban J connectivity index is 2.75. The molecule has 0 fully saturated rings. The molecule has 0 aliphatic carbocycles. The molecular formula is C9H10Cl3NS. The third-order valence-electron chi connectivity index (χ3n) is 1.61. The van der Waals surface area contributed by atoms with Crippen LogP contribution in [-0.4, -0.2) is 18.6 Å². The lowest BCUT2D eigenvalue weighted by Gasteiger charge is -2.09. The number of thioether (sulfide) groups is 1. The first-order chi connectivity index (χ1) is 6.65. The molecule has 1 rings (SSSR count). The van der Waals surface area contributed by atoms with Gasteiger partial charge in [-0.1, -0.05) is 34.8 Å². The smallest absolute Gasteiger partial charge is 0.0720 e. The number of nitrogens with one attached hydrogen (secondary N) is 1. The Morgan fingerprint density at radius 3 is 2.29 bits per heavy atom. The van der Waals surface area contributed by atoms with Crippen molar-refractivity contribution < 1.29 is 0 Å². The zero-order valence-electron chi connectivity index (χ0n) is 7.61. The van der Waals surface area contributed by atoms with Gasteiger partial charge in [0.1, 0.15) is 0 Å². The first kappa shape index (κ1) is 12.3. The van der Waals surface area contributed by atoms with Crippen LogP contribution in [0, 0.1) is 0 Å². The van der Waals surface area contributed by atoms with Crippen LogP contribution in [0.4, 0.5) is 5.69 Å². The summed E-state index contributed by atoms with van der Waals surface area (Å²) in [7, 11) is 0. The number of hydrogen-bond acceptors (Lipinski definition) is 2. The van der Waals surface area contributed by atoms with Crippen molar-refractivity contribution in [2.45, 2.75) is 0 Å². The molecular weight excluding hydrogens is 261 g/mol. The molecule has 5 heteroatoms. The Morgan fingerprint density at radius 1 is 1.21 bits per heavy atom. The van der Waals surface area contributed by atoms with Gasteiger partial charge in [0.05, 0.1) is 15.7 Å². The van der Waals surface area contributed by atoms with Crippen molar-refractivity contribution in [1.29, 1.82) is 0 Å². The summed E-state index contributed by atoms with van der Waals surface area (Å²) >= 11 is 19.5. The summed E-state index contributed by atoms with van der Waals surface area (Å²) in [5.41, 5.74) is 0.756. The molecule has 1 aromatic carbocycles. The highest BCUT2D eigenvalue weighted by Gasteiger charge is 2.06. The lowest BCUT2D eigenvalue weighted by Crippen LogP contribution is -2.04. The summed E-state index contributed by atoms with van der Waals surface area (Å²) < 4.78 is 0. The highest BCUT2D eigenvalue weighted by atomic mass is 35.5. The van der Waals surface area contributed by atoms with E-state index >= 15 is 0 Å². The number of hydrogen-bond donors (Lipinski definition) is 1. The van der Waals surface area contributed by atoms with Crippen molar-refractivity contribution in [3.05, 3.63) is 27.2 Å². The molecule has 0 radical (unpaired) electrons. The molecule has 0 heterocycles. The van der Waals surface area contributed by atoms with Gasteiger partial charge in [0.15, 0.2) is 0 Å². The van der Waals surface area contributed by atoms with E-state index < -0.39 is 0 Å². The van der Waals surface area contributed by atoms with Gasteiger partial charge in [-0.15, -0.1) is 0 Å². The normalized spacial score (nSPS) is 10.3. The van der Waals surface area contributed by atoms with Crippen LogP contribution in [0.1, 0.15) is 0 Å². The second kappa shape index (κ2) is 5.96. The minimum absolute atomic E-state index is 0.551. The van der Waals surface area contributed by atoms with Crippen molar-refractivity contribution in [2.24, 2.45) is 0 Å². The predicted molar refractivity (Wildman–Crippen MR) is 68.3 cm³/mol. The van der Waals surface area contributed by atoms with Crippen LogP contribution in [0.2, 0.25) is 15.1 Å². The van der Waals surface area contributed by atoms with Gasteiger partial charge >= 0.3 is 0 Å². The van der Waals surface area contributed by atoms with E-state index in [0.29, 0.717) is 15.1 Å². The van der Waals surface area contributed by atoms with Crippen molar-refractivity contribution in [3.8, 4) is 0 Å². The van der Waals surface area contributed by atoms with Crippen LogP contribution >= 0.6 is 46.6 Å². The van der Waals surface area contributed by atoms with Gasteiger partial charge in [0, 0.05) is 17.3 Å². The number of rotatable bonds is 4. The highest BCUT2D eigenvalue weighted by Crippen LogP contribution is 2.33. The second-order valence-corrected chi connectivity index (χ2v) is 4.90. The van der Waals surface area contributed by atoms with Gasteiger partial charge in [0.2, 0.25) is 0 Å². The number of benzene rings is 1. The molecule has 0 amide bonds. The van der Waals surface area contributed by atoms with E-state index in [1.807, 2.05) is 6.26 Å². The molecule has 0 aliphatic heterocycles. The predicted octanol–water partition coefficient (Wildman–Crippen LogP) is 4.42. The molecule has 0 saturated carbocycles. The molecule has 0 saturated heterocycles. The summed E-state index contributed by atoms with van der Waals surface area (Å²) in [4.78, 5) is 0. The van der Waals surface area contributed by atoms with Crippen molar-refractivity contribution in [1.82, 2.24) is 0 Å². The van der Waals surface area contributed by atoms with E-state index in [1.165, 1.54) is 0 Å². The van der Waals surface area contributed by atoms with Crippen LogP contribution < -0.4 is 5.32 Å². The quantitative estimate of drug-likeness (QED) is 0.813. The molecule has 1 N–H and O–H groups in total. The second-order valence-electron chi connectivity index (χ2n) is 2.66. The molecule has 1 nitrogen and oxygen atoms in total. The Kier molecular flexibility index (Phi) is 5.24. The molecule has 78 valence electrons. The van der Waals surface area contributed by atoms with Crippen LogP contribution in [0.3, 0.4) is 0 Å². The molecule has 0 aromatic heterocycles. The average molecular weight is 271 g/mol. The third-order valence-corrected chi connectivity index (χ3v) is 3.04. The Bertz CT molecular complexity index is 294. The van der Waals surface area contributed by atoms with E-state index in [2.05, 4.69) is 5.32 Å². The molecule has 0 spiro atoms. The van der Waals surface area contributed by atoms with Crippen LogP contribution in [0.25, 0.3) is 0 Å². The lowest BCUT2D eigenvalue weighted by atomic mass is 10.3. The van der Waals surface area contributed by atoms with Crippen LogP contribution in [0.15, 0.2) is 12.1 Å². The van der Waals surface area contributed by atoms with Gasteiger partial charge in [-0.25, -0.2) is 0 Å². The molecule has 0 atom stereocenters.